The van der Waals surface area contributed by atoms with Crippen LogP contribution >= 0.6 is 0 Å². The Balaban J connectivity index is 1.81. The summed E-state index contributed by atoms with van der Waals surface area (Å²) in [5.74, 6) is 1.32. The zero-order chi connectivity index (χ0) is 21.1. The van der Waals surface area contributed by atoms with E-state index >= 15 is 0 Å². The van der Waals surface area contributed by atoms with Gasteiger partial charge in [-0.1, -0.05) is 12.1 Å². The SMILES string of the molecule is CCNC(=NCC(=O)NCc1ccc(OC)cc1)NCC(C)(C)N1CCOCC1. The largest absolute Gasteiger partial charge is 0.497 e. The maximum Gasteiger partial charge on any atom is 0.242 e. The van der Waals surface area contributed by atoms with Gasteiger partial charge in [-0.3, -0.25) is 9.69 Å². The average Bonchev–Trinajstić information content (AvgIpc) is 2.75. The molecule has 1 heterocycles. The first kappa shape index (κ1) is 23.0. The van der Waals surface area contributed by atoms with Crippen molar-refractivity contribution in [2.75, 3.05) is 53.0 Å². The van der Waals surface area contributed by atoms with Crippen LogP contribution < -0.4 is 20.7 Å². The van der Waals surface area contributed by atoms with Crippen LogP contribution in [0, 0.1) is 0 Å². The van der Waals surface area contributed by atoms with E-state index in [1.54, 1.807) is 7.11 Å². The molecule has 8 heteroatoms. The van der Waals surface area contributed by atoms with E-state index in [0.29, 0.717) is 12.5 Å². The van der Waals surface area contributed by atoms with Crippen molar-refractivity contribution in [2.45, 2.75) is 32.9 Å². The van der Waals surface area contributed by atoms with Crippen molar-refractivity contribution in [3.8, 4) is 5.75 Å². The first-order valence-corrected chi connectivity index (χ1v) is 10.2. The van der Waals surface area contributed by atoms with Crippen molar-refractivity contribution in [1.82, 2.24) is 20.9 Å². The van der Waals surface area contributed by atoms with Crippen LogP contribution in [0.2, 0.25) is 0 Å². The first-order valence-electron chi connectivity index (χ1n) is 10.2. The quantitative estimate of drug-likeness (QED) is 0.419. The van der Waals surface area contributed by atoms with Crippen LogP contribution in [-0.4, -0.2) is 75.4 Å². The van der Waals surface area contributed by atoms with Gasteiger partial charge in [-0.05, 0) is 38.5 Å². The Labute approximate surface area is 174 Å². The highest BCUT2D eigenvalue weighted by Crippen LogP contribution is 2.15. The molecule has 1 amide bonds. The van der Waals surface area contributed by atoms with E-state index in [9.17, 15) is 4.79 Å². The summed E-state index contributed by atoms with van der Waals surface area (Å²) in [6.07, 6.45) is 0. The molecule has 162 valence electrons. The Kier molecular flexibility index (Phi) is 9.21. The number of morpholine rings is 1. The highest BCUT2D eigenvalue weighted by molar-refractivity contribution is 5.84. The van der Waals surface area contributed by atoms with E-state index in [4.69, 9.17) is 9.47 Å². The van der Waals surface area contributed by atoms with Crippen molar-refractivity contribution in [2.24, 2.45) is 4.99 Å². The molecule has 1 saturated heterocycles. The van der Waals surface area contributed by atoms with Crippen LogP contribution in [0.1, 0.15) is 26.3 Å². The fourth-order valence-corrected chi connectivity index (χ4v) is 3.07. The number of hydrogen-bond donors (Lipinski definition) is 3. The molecule has 2 rings (SSSR count). The monoisotopic (exact) mass is 405 g/mol. The molecule has 0 bridgehead atoms. The third kappa shape index (κ3) is 7.91. The van der Waals surface area contributed by atoms with Crippen LogP contribution in [0.15, 0.2) is 29.3 Å². The first-order chi connectivity index (χ1) is 13.9. The highest BCUT2D eigenvalue weighted by atomic mass is 16.5. The molecule has 1 aromatic carbocycles. The van der Waals surface area contributed by atoms with Crippen molar-refractivity contribution in [3.05, 3.63) is 29.8 Å². The maximum absolute atomic E-state index is 12.2. The van der Waals surface area contributed by atoms with Gasteiger partial charge in [-0.25, -0.2) is 4.99 Å². The molecular formula is C21H35N5O3. The number of aliphatic imine (C=N–C) groups is 1. The summed E-state index contributed by atoms with van der Waals surface area (Å²) in [7, 11) is 1.63. The lowest BCUT2D eigenvalue weighted by Crippen LogP contribution is -2.56. The maximum atomic E-state index is 12.2. The normalized spacial score (nSPS) is 15.7. The summed E-state index contributed by atoms with van der Waals surface area (Å²) in [5.41, 5.74) is 0.983. The van der Waals surface area contributed by atoms with Gasteiger partial charge in [0.1, 0.15) is 12.3 Å². The van der Waals surface area contributed by atoms with Crippen LogP contribution in [0.25, 0.3) is 0 Å². The molecule has 0 unspecified atom stereocenters. The number of guanidine groups is 1. The lowest BCUT2D eigenvalue weighted by molar-refractivity contribution is -0.119. The van der Waals surface area contributed by atoms with Gasteiger partial charge in [0.15, 0.2) is 5.96 Å². The number of rotatable bonds is 9. The molecule has 0 radical (unpaired) electrons. The summed E-state index contributed by atoms with van der Waals surface area (Å²) in [6, 6.07) is 7.62. The van der Waals surface area contributed by atoms with Gasteiger partial charge < -0.3 is 25.4 Å². The lowest BCUT2D eigenvalue weighted by Gasteiger charge is -2.41. The predicted octanol–water partition coefficient (Wildman–Crippen LogP) is 0.977. The number of carbonyl (C=O) groups excluding carboxylic acids is 1. The molecule has 29 heavy (non-hydrogen) atoms. The molecule has 1 fully saturated rings. The summed E-state index contributed by atoms with van der Waals surface area (Å²) in [5, 5.41) is 9.46. The van der Waals surface area contributed by atoms with Crippen LogP contribution in [0.3, 0.4) is 0 Å². The van der Waals surface area contributed by atoms with Crippen LogP contribution in [0.5, 0.6) is 5.75 Å². The smallest absolute Gasteiger partial charge is 0.242 e. The molecular weight excluding hydrogens is 370 g/mol. The number of benzene rings is 1. The molecule has 1 aromatic rings. The fraction of sp³-hybridized carbons (Fsp3) is 0.619. The third-order valence-electron chi connectivity index (χ3n) is 4.93. The minimum Gasteiger partial charge on any atom is -0.497 e. The molecule has 0 aromatic heterocycles. The van der Waals surface area contributed by atoms with Crippen molar-refractivity contribution >= 4 is 11.9 Å². The molecule has 0 saturated carbocycles. The second-order valence-electron chi connectivity index (χ2n) is 7.59. The predicted molar refractivity (Wildman–Crippen MR) is 115 cm³/mol. The lowest BCUT2D eigenvalue weighted by atomic mass is 10.0. The number of carbonyl (C=O) groups is 1. The van der Waals surface area contributed by atoms with Gasteiger partial charge in [-0.15, -0.1) is 0 Å². The standard InChI is InChI=1S/C21H35N5O3/c1-5-22-20(25-16-21(2,3)26-10-12-29-13-11-26)24-15-19(27)23-14-17-6-8-18(28-4)9-7-17/h6-9H,5,10-16H2,1-4H3,(H,23,27)(H2,22,24,25). The van der Waals surface area contributed by atoms with Crippen molar-refractivity contribution < 1.29 is 14.3 Å². The number of ether oxygens (including phenoxy) is 2. The highest BCUT2D eigenvalue weighted by Gasteiger charge is 2.28. The average molecular weight is 406 g/mol. The minimum atomic E-state index is -0.120. The number of amides is 1. The third-order valence-corrected chi connectivity index (χ3v) is 4.93. The molecule has 1 aliphatic rings. The summed E-state index contributed by atoms with van der Waals surface area (Å²) < 4.78 is 10.6. The Morgan fingerprint density at radius 3 is 2.48 bits per heavy atom. The Morgan fingerprint density at radius 1 is 1.17 bits per heavy atom. The van der Waals surface area contributed by atoms with Gasteiger partial charge in [0.2, 0.25) is 5.91 Å². The van der Waals surface area contributed by atoms with E-state index in [1.165, 1.54) is 0 Å². The molecule has 0 aliphatic carbocycles. The van der Waals surface area contributed by atoms with Crippen molar-refractivity contribution in [1.29, 1.82) is 0 Å². The summed E-state index contributed by atoms with van der Waals surface area (Å²) in [4.78, 5) is 19.0. The van der Waals surface area contributed by atoms with E-state index < -0.39 is 0 Å². The zero-order valence-corrected chi connectivity index (χ0v) is 18.1. The zero-order valence-electron chi connectivity index (χ0n) is 18.1. The molecule has 0 spiro atoms. The molecule has 0 atom stereocenters. The van der Waals surface area contributed by atoms with E-state index in [0.717, 1.165) is 50.7 Å². The fourth-order valence-electron chi connectivity index (χ4n) is 3.07. The summed E-state index contributed by atoms with van der Waals surface area (Å²) >= 11 is 0. The Bertz CT molecular complexity index is 655. The van der Waals surface area contributed by atoms with Gasteiger partial charge in [0.05, 0.1) is 20.3 Å². The second kappa shape index (κ2) is 11.6. The Hall–Kier alpha value is -2.32. The number of nitrogens with zero attached hydrogens (tertiary/aromatic N) is 2. The van der Waals surface area contributed by atoms with Crippen LogP contribution in [-0.2, 0) is 16.1 Å². The van der Waals surface area contributed by atoms with Crippen LogP contribution in [0.4, 0.5) is 0 Å². The minimum absolute atomic E-state index is 0.0312. The topological polar surface area (TPSA) is 87.2 Å². The number of methoxy groups -OCH3 is 1. The van der Waals surface area contributed by atoms with Crippen molar-refractivity contribution in [3.63, 3.8) is 0 Å². The molecule has 3 N–H and O–H groups in total. The van der Waals surface area contributed by atoms with Gasteiger partial charge in [0, 0.05) is 38.3 Å². The molecule has 1 aliphatic heterocycles. The van der Waals surface area contributed by atoms with Gasteiger partial charge >= 0.3 is 0 Å². The number of hydrogen-bond acceptors (Lipinski definition) is 5. The number of nitrogens with one attached hydrogen (secondary N) is 3. The van der Waals surface area contributed by atoms with E-state index in [1.807, 2.05) is 31.2 Å². The van der Waals surface area contributed by atoms with Gasteiger partial charge in [0.25, 0.3) is 0 Å². The van der Waals surface area contributed by atoms with E-state index in [2.05, 4.69) is 39.7 Å². The van der Waals surface area contributed by atoms with Gasteiger partial charge in [-0.2, -0.15) is 0 Å². The Morgan fingerprint density at radius 2 is 1.86 bits per heavy atom. The molecule has 8 nitrogen and oxygen atoms in total. The summed E-state index contributed by atoms with van der Waals surface area (Å²) in [6.45, 7) is 11.8. The van der Waals surface area contributed by atoms with E-state index in [-0.39, 0.29) is 18.0 Å². The second-order valence-corrected chi connectivity index (χ2v) is 7.59.